The van der Waals surface area contributed by atoms with Crippen LogP contribution in [-0.2, 0) is 22.6 Å². The second-order valence-corrected chi connectivity index (χ2v) is 7.47. The molecule has 0 N–H and O–H groups in total. The highest BCUT2D eigenvalue weighted by molar-refractivity contribution is 6.20. The molecule has 2 aliphatic heterocycles. The van der Waals surface area contributed by atoms with Gasteiger partial charge < -0.3 is 18.8 Å². The number of hydrogen-bond acceptors (Lipinski definition) is 6. The number of rotatable bonds is 8. The summed E-state index contributed by atoms with van der Waals surface area (Å²) in [5.74, 6) is 1.64. The van der Waals surface area contributed by atoms with Crippen LogP contribution in [0.1, 0.15) is 11.1 Å². The van der Waals surface area contributed by atoms with Gasteiger partial charge in [-0.2, -0.15) is 0 Å². The van der Waals surface area contributed by atoms with Crippen molar-refractivity contribution < 1.29 is 18.8 Å². The third-order valence-electron chi connectivity index (χ3n) is 5.32. The predicted octanol–water partition coefficient (Wildman–Crippen LogP) is 2.08. The van der Waals surface area contributed by atoms with E-state index in [2.05, 4.69) is 34.1 Å². The predicted molar refractivity (Wildman–Crippen MR) is 113 cm³/mol. The highest BCUT2D eigenvalue weighted by Crippen LogP contribution is 2.16. The minimum Gasteiger partial charge on any atom is -0.529 e. The van der Waals surface area contributed by atoms with E-state index in [0.29, 0.717) is 0 Å². The Kier molecular flexibility index (Phi) is 7.42. The lowest BCUT2D eigenvalue weighted by molar-refractivity contribution is 0.0341. The van der Waals surface area contributed by atoms with E-state index in [0.717, 1.165) is 77.2 Å². The topological polar surface area (TPSA) is 43.4 Å². The average molecular weight is 396 g/mol. The van der Waals surface area contributed by atoms with Gasteiger partial charge in [0.05, 0.1) is 26.4 Å². The summed E-state index contributed by atoms with van der Waals surface area (Å²) in [5.41, 5.74) is 2.58. The Bertz CT molecular complexity index is 666. The maximum Gasteiger partial charge on any atom is 0.576 e. The number of benzene rings is 2. The minimum absolute atomic E-state index is 0.200. The number of ether oxygens (including phenoxy) is 2. The number of nitrogens with zero attached hydrogens (tertiary/aromatic N) is 2. The summed E-state index contributed by atoms with van der Waals surface area (Å²) in [6.07, 6.45) is 0. The fraction of sp³-hybridized carbons (Fsp3) is 0.455. The van der Waals surface area contributed by atoms with Crippen LogP contribution >= 0.6 is 0 Å². The fourth-order valence-electron chi connectivity index (χ4n) is 3.58. The molecule has 0 unspecified atom stereocenters. The van der Waals surface area contributed by atoms with Gasteiger partial charge in [0.2, 0.25) is 0 Å². The summed E-state index contributed by atoms with van der Waals surface area (Å²) in [7, 11) is 0.200. The van der Waals surface area contributed by atoms with Crippen molar-refractivity contribution in [3.63, 3.8) is 0 Å². The molecule has 0 radical (unpaired) electrons. The molecule has 2 aromatic rings. The minimum atomic E-state index is 0.200. The standard InChI is InChI=1S/C22H29BN2O4/c1-5-21(6-2-19(1)17-24-9-13-26-14-10-24)28-23-29-22-7-3-20(4-8-22)18-25-11-15-27-16-12-25/h1-8,23H,9-18H2. The van der Waals surface area contributed by atoms with Crippen LogP contribution in [0.15, 0.2) is 48.5 Å². The average Bonchev–Trinajstić information content (AvgIpc) is 2.78. The monoisotopic (exact) mass is 396 g/mol. The molecule has 0 amide bonds. The molecule has 2 fully saturated rings. The molecule has 2 aromatic carbocycles. The first kappa shape index (κ1) is 20.2. The molecule has 0 saturated carbocycles. The zero-order valence-corrected chi connectivity index (χ0v) is 16.9. The lowest BCUT2D eigenvalue weighted by Crippen LogP contribution is -2.35. The van der Waals surface area contributed by atoms with Gasteiger partial charge in [-0.25, -0.2) is 0 Å². The maximum atomic E-state index is 5.73. The van der Waals surface area contributed by atoms with Gasteiger partial charge in [-0.1, -0.05) is 24.3 Å². The highest BCUT2D eigenvalue weighted by Gasteiger charge is 2.12. The zero-order valence-electron chi connectivity index (χ0n) is 16.9. The van der Waals surface area contributed by atoms with Crippen LogP contribution in [0.3, 0.4) is 0 Å². The zero-order chi connectivity index (χ0) is 19.7. The molecule has 2 saturated heterocycles. The van der Waals surface area contributed by atoms with Gasteiger partial charge in [-0.15, -0.1) is 0 Å². The van der Waals surface area contributed by atoms with Crippen LogP contribution in [0.5, 0.6) is 11.5 Å². The highest BCUT2D eigenvalue weighted by atomic mass is 16.6. The van der Waals surface area contributed by atoms with Crippen molar-refractivity contribution in [1.82, 2.24) is 9.80 Å². The molecule has 0 aromatic heterocycles. The van der Waals surface area contributed by atoms with Crippen LogP contribution in [0.4, 0.5) is 0 Å². The van der Waals surface area contributed by atoms with Gasteiger partial charge >= 0.3 is 7.69 Å². The van der Waals surface area contributed by atoms with E-state index in [1.807, 2.05) is 24.3 Å². The number of morpholine rings is 2. The van der Waals surface area contributed by atoms with E-state index in [4.69, 9.17) is 18.8 Å². The third kappa shape index (κ3) is 6.47. The Labute approximate surface area is 173 Å². The van der Waals surface area contributed by atoms with Crippen LogP contribution in [-0.4, -0.2) is 70.1 Å². The molecule has 29 heavy (non-hydrogen) atoms. The van der Waals surface area contributed by atoms with Gasteiger partial charge in [0.1, 0.15) is 11.5 Å². The molecule has 0 bridgehead atoms. The normalized spacial score (nSPS) is 18.3. The van der Waals surface area contributed by atoms with Crippen LogP contribution < -0.4 is 9.31 Å². The van der Waals surface area contributed by atoms with Gasteiger partial charge in [0.25, 0.3) is 0 Å². The smallest absolute Gasteiger partial charge is 0.529 e. The van der Waals surface area contributed by atoms with Crippen molar-refractivity contribution >= 4 is 7.69 Å². The molecule has 7 heteroatoms. The van der Waals surface area contributed by atoms with Gasteiger partial charge in [-0.05, 0) is 35.4 Å². The second-order valence-electron chi connectivity index (χ2n) is 7.47. The Morgan fingerprint density at radius 1 is 0.621 bits per heavy atom. The Hall–Kier alpha value is -2.06. The Morgan fingerprint density at radius 2 is 1.00 bits per heavy atom. The SMILES string of the molecule is B(Oc1ccc(CN2CCOCC2)cc1)Oc1ccc(CN2CCOCC2)cc1. The molecular formula is C22H29BN2O4. The summed E-state index contributed by atoms with van der Waals surface area (Å²) in [6, 6.07) is 16.5. The Balaban J connectivity index is 1.18. The first-order valence-electron chi connectivity index (χ1n) is 10.4. The Morgan fingerprint density at radius 3 is 1.38 bits per heavy atom. The van der Waals surface area contributed by atoms with Crippen LogP contribution in [0, 0.1) is 0 Å². The maximum absolute atomic E-state index is 5.73. The van der Waals surface area contributed by atoms with Crippen molar-refractivity contribution in [1.29, 1.82) is 0 Å². The first-order chi connectivity index (χ1) is 14.3. The largest absolute Gasteiger partial charge is 0.576 e. The summed E-state index contributed by atoms with van der Waals surface area (Å²) in [5, 5.41) is 0. The molecular weight excluding hydrogens is 367 g/mol. The van der Waals surface area contributed by atoms with Crippen molar-refractivity contribution in [2.75, 3.05) is 52.6 Å². The van der Waals surface area contributed by atoms with E-state index in [-0.39, 0.29) is 7.69 Å². The molecule has 154 valence electrons. The molecule has 2 aliphatic rings. The molecule has 0 spiro atoms. The third-order valence-corrected chi connectivity index (χ3v) is 5.32. The van der Waals surface area contributed by atoms with Gasteiger partial charge in [-0.3, -0.25) is 9.80 Å². The van der Waals surface area contributed by atoms with Gasteiger partial charge in [0, 0.05) is 39.3 Å². The quantitative estimate of drug-likeness (QED) is 0.637. The summed E-state index contributed by atoms with van der Waals surface area (Å²) in [6.45, 7) is 9.20. The van der Waals surface area contributed by atoms with E-state index in [1.54, 1.807) is 0 Å². The van der Waals surface area contributed by atoms with Crippen LogP contribution in [0.2, 0.25) is 0 Å². The first-order valence-corrected chi connectivity index (χ1v) is 10.4. The molecule has 0 aliphatic carbocycles. The van der Waals surface area contributed by atoms with Crippen molar-refractivity contribution in [3.05, 3.63) is 59.7 Å². The van der Waals surface area contributed by atoms with Crippen molar-refractivity contribution in [2.45, 2.75) is 13.1 Å². The van der Waals surface area contributed by atoms with Gasteiger partial charge in [0.15, 0.2) is 0 Å². The molecule has 4 rings (SSSR count). The summed E-state index contributed by atoms with van der Waals surface area (Å²) >= 11 is 0. The summed E-state index contributed by atoms with van der Waals surface area (Å²) < 4.78 is 22.2. The molecule has 0 atom stereocenters. The number of hydrogen-bond donors (Lipinski definition) is 0. The van der Waals surface area contributed by atoms with Crippen molar-refractivity contribution in [3.8, 4) is 11.5 Å². The molecule has 6 nitrogen and oxygen atoms in total. The van der Waals surface area contributed by atoms with Crippen LogP contribution in [0.25, 0.3) is 0 Å². The lowest BCUT2D eigenvalue weighted by Gasteiger charge is -2.26. The summed E-state index contributed by atoms with van der Waals surface area (Å²) in [4.78, 5) is 4.82. The second kappa shape index (κ2) is 10.6. The van der Waals surface area contributed by atoms with E-state index in [9.17, 15) is 0 Å². The van der Waals surface area contributed by atoms with E-state index < -0.39 is 0 Å². The fourth-order valence-corrected chi connectivity index (χ4v) is 3.58. The van der Waals surface area contributed by atoms with E-state index >= 15 is 0 Å². The van der Waals surface area contributed by atoms with Crippen molar-refractivity contribution in [2.24, 2.45) is 0 Å². The lowest BCUT2D eigenvalue weighted by atomic mass is 10.2. The van der Waals surface area contributed by atoms with E-state index in [1.165, 1.54) is 11.1 Å². The molecule has 2 heterocycles.